The second-order valence-electron chi connectivity index (χ2n) is 6.14. The lowest BCUT2D eigenvalue weighted by molar-refractivity contribution is 0.102. The van der Waals surface area contributed by atoms with E-state index in [0.717, 1.165) is 24.9 Å². The maximum Gasteiger partial charge on any atom is 0.255 e. The number of sulfonamides is 1. The molecule has 5 nitrogen and oxygen atoms in total. The van der Waals surface area contributed by atoms with Crippen molar-refractivity contribution in [3.05, 3.63) is 59.7 Å². The first kappa shape index (κ1) is 17.6. The van der Waals surface area contributed by atoms with Crippen molar-refractivity contribution < 1.29 is 13.2 Å². The molecule has 2 aromatic carbocycles. The summed E-state index contributed by atoms with van der Waals surface area (Å²) in [4.78, 5) is 12.5. The van der Waals surface area contributed by atoms with Crippen LogP contribution >= 0.6 is 0 Å². The molecule has 0 unspecified atom stereocenters. The molecule has 0 bridgehead atoms. The molecule has 1 aliphatic heterocycles. The molecule has 3 rings (SSSR count). The molecule has 0 aliphatic carbocycles. The third-order valence-electron chi connectivity index (χ3n) is 4.44. The lowest BCUT2D eigenvalue weighted by Gasteiger charge is -2.15. The van der Waals surface area contributed by atoms with Gasteiger partial charge in [-0.15, -0.1) is 0 Å². The molecule has 0 saturated carbocycles. The smallest absolute Gasteiger partial charge is 0.255 e. The van der Waals surface area contributed by atoms with E-state index < -0.39 is 10.0 Å². The summed E-state index contributed by atoms with van der Waals surface area (Å²) in [6.07, 6.45) is 2.74. The highest BCUT2D eigenvalue weighted by Gasteiger charge is 2.27. The zero-order valence-electron chi connectivity index (χ0n) is 14.2. The first-order valence-electron chi connectivity index (χ1n) is 8.51. The fraction of sp³-hybridized carbons (Fsp3) is 0.316. The fourth-order valence-corrected chi connectivity index (χ4v) is 4.40. The van der Waals surface area contributed by atoms with Crippen LogP contribution in [0.1, 0.15) is 35.7 Å². The van der Waals surface area contributed by atoms with Crippen LogP contribution in [0.15, 0.2) is 53.4 Å². The number of anilines is 1. The molecule has 1 aliphatic rings. The molecular formula is C19H22N2O3S. The van der Waals surface area contributed by atoms with Gasteiger partial charge in [0.2, 0.25) is 10.0 Å². The van der Waals surface area contributed by atoms with E-state index in [1.165, 1.54) is 22.0 Å². The molecule has 1 fully saturated rings. The third-order valence-corrected chi connectivity index (χ3v) is 6.35. The van der Waals surface area contributed by atoms with Gasteiger partial charge in [0.15, 0.2) is 0 Å². The maximum atomic E-state index is 12.5. The first-order valence-corrected chi connectivity index (χ1v) is 9.95. The van der Waals surface area contributed by atoms with Crippen LogP contribution in [-0.4, -0.2) is 31.7 Å². The van der Waals surface area contributed by atoms with Crippen LogP contribution in [0.25, 0.3) is 0 Å². The molecular weight excluding hydrogens is 336 g/mol. The van der Waals surface area contributed by atoms with Gasteiger partial charge < -0.3 is 5.32 Å². The summed E-state index contributed by atoms with van der Waals surface area (Å²) in [5.41, 5.74) is 2.35. The van der Waals surface area contributed by atoms with Gasteiger partial charge in [-0.2, -0.15) is 4.31 Å². The second kappa shape index (κ2) is 7.37. The van der Waals surface area contributed by atoms with Crippen molar-refractivity contribution >= 4 is 21.6 Å². The van der Waals surface area contributed by atoms with Crippen molar-refractivity contribution in [2.24, 2.45) is 0 Å². The Hall–Kier alpha value is -2.18. The predicted octanol–water partition coefficient (Wildman–Crippen LogP) is 3.29. The molecule has 1 amide bonds. The average molecular weight is 358 g/mol. The van der Waals surface area contributed by atoms with E-state index in [-0.39, 0.29) is 10.8 Å². The molecule has 1 N–H and O–H groups in total. The number of hydrogen-bond acceptors (Lipinski definition) is 3. The van der Waals surface area contributed by atoms with Gasteiger partial charge in [0.1, 0.15) is 0 Å². The van der Waals surface area contributed by atoms with E-state index in [9.17, 15) is 13.2 Å². The number of aryl methyl sites for hydroxylation is 1. The zero-order chi connectivity index (χ0) is 17.9. The Labute approximate surface area is 148 Å². The number of nitrogens with one attached hydrogen (secondary N) is 1. The number of benzene rings is 2. The van der Waals surface area contributed by atoms with Crippen LogP contribution in [0.5, 0.6) is 0 Å². The van der Waals surface area contributed by atoms with E-state index in [2.05, 4.69) is 12.2 Å². The highest BCUT2D eigenvalue weighted by Crippen LogP contribution is 2.21. The van der Waals surface area contributed by atoms with Gasteiger partial charge in [0.25, 0.3) is 5.91 Å². The number of rotatable bonds is 5. The molecule has 1 saturated heterocycles. The summed E-state index contributed by atoms with van der Waals surface area (Å²) >= 11 is 0. The summed E-state index contributed by atoms with van der Waals surface area (Å²) in [5, 5.41) is 2.82. The second-order valence-corrected chi connectivity index (χ2v) is 8.08. The molecule has 0 atom stereocenters. The summed E-state index contributed by atoms with van der Waals surface area (Å²) in [6, 6.07) is 13.8. The Bertz CT molecular complexity index is 837. The van der Waals surface area contributed by atoms with Crippen molar-refractivity contribution in [1.82, 2.24) is 4.31 Å². The van der Waals surface area contributed by atoms with Crippen LogP contribution in [0, 0.1) is 0 Å². The molecule has 2 aromatic rings. The average Bonchev–Trinajstić information content (AvgIpc) is 3.18. The topological polar surface area (TPSA) is 66.5 Å². The highest BCUT2D eigenvalue weighted by atomic mass is 32.2. The van der Waals surface area contributed by atoms with E-state index >= 15 is 0 Å². The Morgan fingerprint density at radius 1 is 1.00 bits per heavy atom. The predicted molar refractivity (Wildman–Crippen MR) is 98.2 cm³/mol. The molecule has 25 heavy (non-hydrogen) atoms. The SMILES string of the molecule is CCc1ccc(NC(=O)c2ccc(S(=O)(=O)N3CCCC3)cc2)cc1. The summed E-state index contributed by atoms with van der Waals surface area (Å²) in [5.74, 6) is -0.255. The molecule has 0 spiro atoms. The fourth-order valence-electron chi connectivity index (χ4n) is 2.88. The van der Waals surface area contributed by atoms with Gasteiger partial charge >= 0.3 is 0 Å². The monoisotopic (exact) mass is 358 g/mol. The Balaban J connectivity index is 1.71. The van der Waals surface area contributed by atoms with Gasteiger partial charge in [-0.1, -0.05) is 19.1 Å². The molecule has 0 radical (unpaired) electrons. The van der Waals surface area contributed by atoms with Gasteiger partial charge in [-0.3, -0.25) is 4.79 Å². The van der Waals surface area contributed by atoms with Crippen molar-refractivity contribution in [2.75, 3.05) is 18.4 Å². The van der Waals surface area contributed by atoms with Gasteiger partial charge in [-0.25, -0.2) is 8.42 Å². The number of carbonyl (C=O) groups is 1. The van der Waals surface area contributed by atoms with Crippen molar-refractivity contribution in [1.29, 1.82) is 0 Å². The van der Waals surface area contributed by atoms with E-state index in [1.54, 1.807) is 12.1 Å². The standard InChI is InChI=1S/C19H22N2O3S/c1-2-15-5-9-17(10-6-15)20-19(22)16-7-11-18(12-8-16)25(23,24)21-13-3-4-14-21/h5-12H,2-4,13-14H2,1H3,(H,20,22). The minimum atomic E-state index is -3.45. The molecule has 1 heterocycles. The van der Waals surface area contributed by atoms with Crippen LogP contribution in [0.3, 0.4) is 0 Å². The van der Waals surface area contributed by atoms with Crippen LogP contribution in [0.4, 0.5) is 5.69 Å². The molecule has 132 valence electrons. The van der Waals surface area contributed by atoms with E-state index in [1.807, 2.05) is 24.3 Å². The van der Waals surface area contributed by atoms with Crippen molar-refractivity contribution in [2.45, 2.75) is 31.1 Å². The molecule has 6 heteroatoms. The largest absolute Gasteiger partial charge is 0.322 e. The normalized spacial score (nSPS) is 15.2. The van der Waals surface area contributed by atoms with Crippen LogP contribution in [-0.2, 0) is 16.4 Å². The number of hydrogen-bond donors (Lipinski definition) is 1. The third kappa shape index (κ3) is 3.91. The summed E-state index contributed by atoms with van der Waals surface area (Å²) in [7, 11) is -3.45. The lowest BCUT2D eigenvalue weighted by Crippen LogP contribution is -2.27. The summed E-state index contributed by atoms with van der Waals surface area (Å²) in [6.45, 7) is 3.21. The van der Waals surface area contributed by atoms with Gasteiger partial charge in [0.05, 0.1) is 4.90 Å². The summed E-state index contributed by atoms with van der Waals surface area (Å²) < 4.78 is 26.5. The lowest BCUT2D eigenvalue weighted by atomic mass is 10.1. The minimum absolute atomic E-state index is 0.234. The number of nitrogens with zero attached hydrogens (tertiary/aromatic N) is 1. The Morgan fingerprint density at radius 2 is 1.60 bits per heavy atom. The highest BCUT2D eigenvalue weighted by molar-refractivity contribution is 7.89. The van der Waals surface area contributed by atoms with Crippen LogP contribution in [0.2, 0.25) is 0 Å². The first-order chi connectivity index (χ1) is 12.0. The van der Waals surface area contributed by atoms with Gasteiger partial charge in [-0.05, 0) is 61.2 Å². The van der Waals surface area contributed by atoms with Crippen molar-refractivity contribution in [3.63, 3.8) is 0 Å². The van der Waals surface area contributed by atoms with Gasteiger partial charge in [0, 0.05) is 24.3 Å². The molecule has 0 aromatic heterocycles. The Morgan fingerprint density at radius 3 is 2.16 bits per heavy atom. The minimum Gasteiger partial charge on any atom is -0.322 e. The quantitative estimate of drug-likeness (QED) is 0.892. The van der Waals surface area contributed by atoms with Crippen LogP contribution < -0.4 is 5.32 Å². The van der Waals surface area contributed by atoms with Crippen molar-refractivity contribution in [3.8, 4) is 0 Å². The maximum absolute atomic E-state index is 12.5. The zero-order valence-corrected chi connectivity index (χ0v) is 15.1. The number of carbonyl (C=O) groups excluding carboxylic acids is 1. The van der Waals surface area contributed by atoms with E-state index in [0.29, 0.717) is 18.7 Å². The number of amides is 1. The Kier molecular flexibility index (Phi) is 5.20. The van der Waals surface area contributed by atoms with E-state index in [4.69, 9.17) is 0 Å².